The van der Waals surface area contributed by atoms with Crippen LogP contribution in [-0.4, -0.2) is 48.7 Å². The Morgan fingerprint density at radius 1 is 0.950 bits per heavy atom. The van der Waals surface area contributed by atoms with E-state index in [0.29, 0.717) is 12.1 Å². The molecule has 2 rings (SSSR count). The topological polar surface area (TPSA) is 49.4 Å². The highest BCUT2D eigenvalue weighted by molar-refractivity contribution is 6.42. The number of carbonyl (C=O) groups excluding carboxylic acids is 2. The summed E-state index contributed by atoms with van der Waals surface area (Å²) in [6, 6.07) is 2.18. The van der Waals surface area contributed by atoms with Crippen LogP contribution >= 0.6 is 23.2 Å². The van der Waals surface area contributed by atoms with E-state index < -0.39 is 76.9 Å². The number of likely N-dealkylation sites (N-methyl/N-ethyl adjacent to an activating group) is 1. The lowest BCUT2D eigenvalue weighted by Crippen LogP contribution is -2.48. The lowest BCUT2D eigenvalue weighted by atomic mass is 9.95. The summed E-state index contributed by atoms with van der Waals surface area (Å²) in [6.45, 7) is -0.765. The van der Waals surface area contributed by atoms with E-state index in [0.717, 1.165) is 32.2 Å². The van der Waals surface area contributed by atoms with Gasteiger partial charge in [-0.15, -0.1) is 0 Å². The van der Waals surface area contributed by atoms with Gasteiger partial charge in [-0.1, -0.05) is 35.3 Å². The number of benzene rings is 2. The quantitative estimate of drug-likeness (QED) is 0.319. The number of nitrogens with zero attached hydrogens (tertiary/aromatic N) is 1. The first kappa shape index (κ1) is 33.2. The number of rotatable bonds is 7. The van der Waals surface area contributed by atoms with Crippen molar-refractivity contribution in [3.8, 4) is 0 Å². The van der Waals surface area contributed by atoms with Gasteiger partial charge in [0.15, 0.2) is 0 Å². The number of nitrogens with one attached hydrogen (secondary N) is 1. The second-order valence-electron chi connectivity index (χ2n) is 8.47. The Kier molecular flexibility index (Phi) is 10.2. The van der Waals surface area contributed by atoms with E-state index in [9.17, 15) is 53.5 Å². The van der Waals surface area contributed by atoms with Crippen molar-refractivity contribution in [3.05, 3.63) is 74.8 Å². The maximum Gasteiger partial charge on any atom is 0.417 e. The molecule has 0 fully saturated rings. The molecule has 40 heavy (non-hydrogen) atoms. The van der Waals surface area contributed by atoms with Crippen molar-refractivity contribution in [1.82, 2.24) is 10.2 Å². The van der Waals surface area contributed by atoms with Gasteiger partial charge in [-0.25, -0.2) is 4.39 Å². The maximum atomic E-state index is 14.9. The van der Waals surface area contributed by atoms with Crippen LogP contribution in [0, 0.1) is 0 Å². The van der Waals surface area contributed by atoms with Crippen molar-refractivity contribution in [2.45, 2.75) is 37.4 Å². The highest BCUT2D eigenvalue weighted by Gasteiger charge is 2.41. The van der Waals surface area contributed by atoms with Gasteiger partial charge in [0.25, 0.3) is 5.91 Å². The van der Waals surface area contributed by atoms with Gasteiger partial charge in [0.1, 0.15) is 24.3 Å². The number of hydrogen-bond donors (Lipinski definition) is 1. The Balaban J connectivity index is 2.44. The van der Waals surface area contributed by atoms with Crippen molar-refractivity contribution >= 4 is 40.8 Å². The molecule has 2 atom stereocenters. The average molecular weight is 627 g/mol. The highest BCUT2D eigenvalue weighted by Crippen LogP contribution is 2.41. The Labute approximate surface area is 230 Å². The van der Waals surface area contributed by atoms with Crippen LogP contribution < -0.4 is 5.32 Å². The molecule has 0 saturated heterocycles. The van der Waals surface area contributed by atoms with Gasteiger partial charge in [-0.2, -0.15) is 39.5 Å². The van der Waals surface area contributed by atoms with Gasteiger partial charge < -0.3 is 10.2 Å². The van der Waals surface area contributed by atoms with E-state index in [4.69, 9.17) is 23.2 Å². The zero-order valence-corrected chi connectivity index (χ0v) is 21.7. The summed E-state index contributed by atoms with van der Waals surface area (Å²) in [4.78, 5) is 24.8. The smallest absolute Gasteiger partial charge is 0.341 e. The molecule has 0 aliphatic rings. The van der Waals surface area contributed by atoms with Crippen LogP contribution in [0.3, 0.4) is 0 Å². The highest BCUT2D eigenvalue weighted by atomic mass is 35.5. The van der Waals surface area contributed by atoms with Gasteiger partial charge in [-0.05, 0) is 42.8 Å². The first-order valence-electron chi connectivity index (χ1n) is 10.8. The number of carbonyl (C=O) groups is 2. The molecule has 2 unspecified atom stereocenters. The minimum atomic E-state index is -5.32. The maximum absolute atomic E-state index is 14.9. The van der Waals surface area contributed by atoms with E-state index in [2.05, 4.69) is 0 Å². The molecular formula is C24H18Cl2F10N2O2. The zero-order valence-electron chi connectivity index (χ0n) is 20.2. The predicted octanol–water partition coefficient (Wildman–Crippen LogP) is 7.81. The number of alkyl halides is 9. The van der Waals surface area contributed by atoms with Crippen LogP contribution in [0.4, 0.5) is 43.9 Å². The summed E-state index contributed by atoms with van der Waals surface area (Å²) in [5.41, 5.74) is -4.45. The lowest BCUT2D eigenvalue weighted by molar-refractivity contribution is -0.159. The molecule has 0 aliphatic heterocycles. The third-order valence-electron chi connectivity index (χ3n) is 5.32. The van der Waals surface area contributed by atoms with Crippen LogP contribution in [0.2, 0.25) is 10.0 Å². The zero-order chi connectivity index (χ0) is 30.8. The molecule has 0 heterocycles. The summed E-state index contributed by atoms with van der Waals surface area (Å²) in [6.07, 6.45) is -15.2. The molecule has 2 aromatic carbocycles. The number of halogens is 12. The second-order valence-corrected chi connectivity index (χ2v) is 9.28. The summed E-state index contributed by atoms with van der Waals surface area (Å²) in [5.74, 6) is -7.18. The Morgan fingerprint density at radius 2 is 1.55 bits per heavy atom. The molecule has 0 saturated carbocycles. The summed E-state index contributed by atoms with van der Waals surface area (Å²) >= 11 is 11.4. The predicted molar refractivity (Wildman–Crippen MR) is 126 cm³/mol. The third-order valence-corrected chi connectivity index (χ3v) is 6.06. The van der Waals surface area contributed by atoms with Gasteiger partial charge in [0.2, 0.25) is 5.91 Å². The van der Waals surface area contributed by atoms with E-state index in [1.807, 2.05) is 5.32 Å². The van der Waals surface area contributed by atoms with Gasteiger partial charge >= 0.3 is 18.5 Å². The molecule has 0 spiro atoms. The van der Waals surface area contributed by atoms with Crippen LogP contribution in [0.25, 0.3) is 5.83 Å². The molecule has 220 valence electrons. The largest absolute Gasteiger partial charge is 0.417 e. The van der Waals surface area contributed by atoms with Crippen LogP contribution in [-0.2, 0) is 11.0 Å². The van der Waals surface area contributed by atoms with Crippen molar-refractivity contribution in [2.75, 3.05) is 13.6 Å². The SMILES string of the molecule is CC(NC(=O)c1ccc(/C(F)=C/C(c2ccc(Cl)c(Cl)c2)C(F)(F)F)cc1C(F)(F)F)C(=O)N(C)CC(F)(F)F. The molecule has 1 N–H and O–H groups in total. The van der Waals surface area contributed by atoms with Crippen molar-refractivity contribution in [1.29, 1.82) is 0 Å². The average Bonchev–Trinajstić information content (AvgIpc) is 2.80. The molecule has 2 aromatic rings. The van der Waals surface area contributed by atoms with E-state index in [1.165, 1.54) is 0 Å². The van der Waals surface area contributed by atoms with Crippen LogP contribution in [0.5, 0.6) is 0 Å². The van der Waals surface area contributed by atoms with Crippen LogP contribution in [0.15, 0.2) is 42.5 Å². The van der Waals surface area contributed by atoms with E-state index in [-0.39, 0.29) is 27.1 Å². The first-order chi connectivity index (χ1) is 18.1. The van der Waals surface area contributed by atoms with E-state index >= 15 is 0 Å². The van der Waals surface area contributed by atoms with Gasteiger partial charge in [0.05, 0.1) is 21.2 Å². The van der Waals surface area contributed by atoms with Gasteiger partial charge in [-0.3, -0.25) is 9.59 Å². The Morgan fingerprint density at radius 3 is 2.05 bits per heavy atom. The summed E-state index contributed by atoms with van der Waals surface area (Å²) in [5, 5.41) is 1.45. The van der Waals surface area contributed by atoms with Crippen LogP contribution in [0.1, 0.15) is 39.9 Å². The minimum Gasteiger partial charge on any atom is -0.341 e. The number of hydrogen-bond acceptors (Lipinski definition) is 2. The molecule has 0 aromatic heterocycles. The normalized spacial score (nSPS) is 14.5. The number of amides is 2. The monoisotopic (exact) mass is 626 g/mol. The van der Waals surface area contributed by atoms with Crippen molar-refractivity contribution < 1.29 is 53.5 Å². The fourth-order valence-electron chi connectivity index (χ4n) is 3.47. The summed E-state index contributed by atoms with van der Waals surface area (Å²) in [7, 11) is 0.760. The number of allylic oxidation sites excluding steroid dienone is 1. The molecule has 16 heteroatoms. The van der Waals surface area contributed by atoms with Crippen molar-refractivity contribution in [2.24, 2.45) is 0 Å². The molecule has 4 nitrogen and oxygen atoms in total. The summed E-state index contributed by atoms with van der Waals surface area (Å²) < 4.78 is 135. The minimum absolute atomic E-state index is 0.0199. The fraction of sp³-hybridized carbons (Fsp3) is 0.333. The first-order valence-corrected chi connectivity index (χ1v) is 11.6. The van der Waals surface area contributed by atoms with Gasteiger partial charge in [0, 0.05) is 12.6 Å². The standard InChI is InChI=1S/C24H18Cl2F10N2O2/c1-11(21(40)38(2)10-22(28,29)30)37-20(39)14-5-3-13(7-16(14)24(34,35)36)19(27)9-15(23(31,32)33)12-4-6-17(25)18(26)8-12/h3-9,11,15H,10H2,1-2H3,(H,37,39)/b19-9-. The third kappa shape index (κ3) is 8.75. The molecule has 0 aliphatic carbocycles. The van der Waals surface area contributed by atoms with Crippen molar-refractivity contribution in [3.63, 3.8) is 0 Å². The Hall–Kier alpha value is -3.00. The lowest BCUT2D eigenvalue weighted by Gasteiger charge is -2.23. The van der Waals surface area contributed by atoms with E-state index in [1.54, 1.807) is 0 Å². The Bertz CT molecular complexity index is 1290. The molecule has 2 amide bonds. The fourth-order valence-corrected chi connectivity index (χ4v) is 3.77. The molecule has 0 radical (unpaired) electrons. The molecular weight excluding hydrogens is 609 g/mol. The second kappa shape index (κ2) is 12.2. The molecule has 0 bridgehead atoms.